The second kappa shape index (κ2) is 6.20. The molecular weight excluding hydrogens is 242 g/mol. The number of nitrogens with one attached hydrogen (secondary N) is 1. The Morgan fingerprint density at radius 2 is 2.05 bits per heavy atom. The first-order chi connectivity index (χ1) is 9.33. The first-order valence-electron chi connectivity index (χ1n) is 7.66. The van der Waals surface area contributed by atoms with Crippen LogP contribution in [-0.4, -0.2) is 73.7 Å². The highest BCUT2D eigenvalue weighted by molar-refractivity contribution is 5.77. The lowest BCUT2D eigenvalue weighted by Gasteiger charge is -2.32. The number of carbonyl (C=O) groups is 1. The molecule has 3 aliphatic rings. The molecule has 3 heterocycles. The molecule has 0 aromatic rings. The van der Waals surface area contributed by atoms with Gasteiger partial charge in [-0.1, -0.05) is 0 Å². The Balaban J connectivity index is 1.46. The Labute approximate surface area is 115 Å². The molecule has 0 aromatic carbocycles. The number of rotatable bonds is 3. The van der Waals surface area contributed by atoms with Crippen molar-refractivity contribution in [2.45, 2.75) is 37.8 Å². The van der Waals surface area contributed by atoms with Crippen LogP contribution >= 0.6 is 0 Å². The third-order valence-electron chi connectivity index (χ3n) is 4.66. The Morgan fingerprint density at radius 1 is 1.21 bits per heavy atom. The standard InChI is InChI=1S/C14H25N3O2/c18-14(10-12-2-1-4-15-12)17-5-3-13(11-17)16-6-8-19-9-7-16/h12-13,15H,1-11H2. The summed E-state index contributed by atoms with van der Waals surface area (Å²) in [6.45, 7) is 6.67. The molecule has 0 bridgehead atoms. The summed E-state index contributed by atoms with van der Waals surface area (Å²) >= 11 is 0. The first kappa shape index (κ1) is 13.3. The number of ether oxygens (including phenoxy) is 1. The Morgan fingerprint density at radius 3 is 2.79 bits per heavy atom. The number of hydrogen-bond acceptors (Lipinski definition) is 4. The van der Waals surface area contributed by atoms with Gasteiger partial charge >= 0.3 is 0 Å². The molecule has 5 nitrogen and oxygen atoms in total. The van der Waals surface area contributed by atoms with Crippen molar-refractivity contribution in [3.63, 3.8) is 0 Å². The number of hydrogen-bond donors (Lipinski definition) is 1. The number of nitrogens with zero attached hydrogens (tertiary/aromatic N) is 2. The van der Waals surface area contributed by atoms with Gasteiger partial charge in [0.25, 0.3) is 0 Å². The van der Waals surface area contributed by atoms with Crippen LogP contribution < -0.4 is 5.32 Å². The van der Waals surface area contributed by atoms with E-state index >= 15 is 0 Å². The zero-order valence-electron chi connectivity index (χ0n) is 11.6. The fraction of sp³-hybridized carbons (Fsp3) is 0.929. The van der Waals surface area contributed by atoms with Crippen molar-refractivity contribution in [1.82, 2.24) is 15.1 Å². The molecule has 1 N–H and O–H groups in total. The van der Waals surface area contributed by atoms with E-state index in [2.05, 4.69) is 15.1 Å². The Bertz CT molecular complexity index is 312. The van der Waals surface area contributed by atoms with Crippen LogP contribution in [0, 0.1) is 0 Å². The molecule has 0 radical (unpaired) electrons. The molecule has 19 heavy (non-hydrogen) atoms. The van der Waals surface area contributed by atoms with Gasteiger partial charge in [0.05, 0.1) is 13.2 Å². The van der Waals surface area contributed by atoms with Crippen LogP contribution in [0.2, 0.25) is 0 Å². The summed E-state index contributed by atoms with van der Waals surface area (Å²) in [7, 11) is 0. The summed E-state index contributed by atoms with van der Waals surface area (Å²) in [5.41, 5.74) is 0. The van der Waals surface area contributed by atoms with Gasteiger partial charge in [0.1, 0.15) is 0 Å². The molecule has 108 valence electrons. The monoisotopic (exact) mass is 267 g/mol. The number of carbonyl (C=O) groups excluding carboxylic acids is 1. The van der Waals surface area contributed by atoms with Crippen LogP contribution in [0.1, 0.15) is 25.7 Å². The average Bonchev–Trinajstić information content (AvgIpc) is 3.10. The van der Waals surface area contributed by atoms with Crippen molar-refractivity contribution in [1.29, 1.82) is 0 Å². The van der Waals surface area contributed by atoms with E-state index in [1.807, 2.05) is 0 Å². The third-order valence-corrected chi connectivity index (χ3v) is 4.66. The number of amides is 1. The normalized spacial score (nSPS) is 32.9. The molecule has 3 rings (SSSR count). The molecule has 0 spiro atoms. The predicted molar refractivity (Wildman–Crippen MR) is 73.0 cm³/mol. The van der Waals surface area contributed by atoms with Crippen LogP contribution in [-0.2, 0) is 9.53 Å². The molecule has 1 amide bonds. The summed E-state index contributed by atoms with van der Waals surface area (Å²) in [6, 6.07) is 0.985. The van der Waals surface area contributed by atoms with Crippen molar-refractivity contribution in [3.8, 4) is 0 Å². The molecule has 0 saturated carbocycles. The maximum absolute atomic E-state index is 12.3. The highest BCUT2D eigenvalue weighted by Crippen LogP contribution is 2.19. The number of likely N-dealkylation sites (tertiary alicyclic amines) is 1. The summed E-state index contributed by atoms with van der Waals surface area (Å²) in [4.78, 5) is 16.8. The van der Waals surface area contributed by atoms with E-state index in [9.17, 15) is 4.79 Å². The topological polar surface area (TPSA) is 44.8 Å². The maximum atomic E-state index is 12.3. The molecule has 3 aliphatic heterocycles. The van der Waals surface area contributed by atoms with Crippen LogP contribution in [0.4, 0.5) is 0 Å². The Hall–Kier alpha value is -0.650. The van der Waals surface area contributed by atoms with Crippen molar-refractivity contribution in [2.75, 3.05) is 45.9 Å². The van der Waals surface area contributed by atoms with Crippen molar-refractivity contribution < 1.29 is 9.53 Å². The fourth-order valence-electron chi connectivity index (χ4n) is 3.48. The van der Waals surface area contributed by atoms with Gasteiger partial charge in [-0.3, -0.25) is 9.69 Å². The van der Waals surface area contributed by atoms with E-state index in [1.54, 1.807) is 0 Å². The maximum Gasteiger partial charge on any atom is 0.224 e. The van der Waals surface area contributed by atoms with Crippen LogP contribution in [0.25, 0.3) is 0 Å². The molecule has 2 unspecified atom stereocenters. The lowest BCUT2D eigenvalue weighted by atomic mass is 10.1. The van der Waals surface area contributed by atoms with Gasteiger partial charge in [0.15, 0.2) is 0 Å². The average molecular weight is 267 g/mol. The minimum atomic E-state index is 0.343. The van der Waals surface area contributed by atoms with E-state index in [1.165, 1.54) is 6.42 Å². The van der Waals surface area contributed by atoms with E-state index in [0.29, 0.717) is 24.4 Å². The largest absolute Gasteiger partial charge is 0.379 e. The molecule has 2 atom stereocenters. The molecular formula is C14H25N3O2. The van der Waals surface area contributed by atoms with Crippen molar-refractivity contribution in [2.24, 2.45) is 0 Å². The molecule has 0 aliphatic carbocycles. The van der Waals surface area contributed by atoms with Gasteiger partial charge in [0.2, 0.25) is 5.91 Å². The lowest BCUT2D eigenvalue weighted by Crippen LogP contribution is -2.45. The summed E-state index contributed by atoms with van der Waals surface area (Å²) in [6.07, 6.45) is 4.19. The minimum absolute atomic E-state index is 0.343. The van der Waals surface area contributed by atoms with Crippen molar-refractivity contribution >= 4 is 5.91 Å². The summed E-state index contributed by atoms with van der Waals surface area (Å²) in [5.74, 6) is 0.343. The number of morpholine rings is 1. The minimum Gasteiger partial charge on any atom is -0.379 e. The smallest absolute Gasteiger partial charge is 0.224 e. The Kier molecular flexibility index (Phi) is 4.35. The van der Waals surface area contributed by atoms with Crippen molar-refractivity contribution in [3.05, 3.63) is 0 Å². The highest BCUT2D eigenvalue weighted by Gasteiger charge is 2.32. The fourth-order valence-corrected chi connectivity index (χ4v) is 3.48. The van der Waals surface area contributed by atoms with E-state index in [4.69, 9.17) is 4.74 Å². The van der Waals surface area contributed by atoms with Crippen LogP contribution in [0.3, 0.4) is 0 Å². The van der Waals surface area contributed by atoms with Crippen LogP contribution in [0.15, 0.2) is 0 Å². The van der Waals surface area contributed by atoms with Crippen LogP contribution in [0.5, 0.6) is 0 Å². The second-order valence-electron chi connectivity index (χ2n) is 5.93. The molecule has 0 aromatic heterocycles. The third kappa shape index (κ3) is 3.27. The molecule has 5 heteroatoms. The quantitative estimate of drug-likeness (QED) is 0.785. The highest BCUT2D eigenvalue weighted by atomic mass is 16.5. The SMILES string of the molecule is O=C(CC1CCCN1)N1CCC(N2CCOCC2)C1. The van der Waals surface area contributed by atoms with E-state index < -0.39 is 0 Å². The zero-order valence-corrected chi connectivity index (χ0v) is 11.6. The van der Waals surface area contributed by atoms with Gasteiger partial charge in [-0.25, -0.2) is 0 Å². The van der Waals surface area contributed by atoms with Gasteiger partial charge in [-0.2, -0.15) is 0 Å². The summed E-state index contributed by atoms with van der Waals surface area (Å²) in [5, 5.41) is 3.41. The van der Waals surface area contributed by atoms with E-state index in [-0.39, 0.29) is 0 Å². The molecule has 3 saturated heterocycles. The van der Waals surface area contributed by atoms with Gasteiger partial charge in [0, 0.05) is 44.7 Å². The summed E-state index contributed by atoms with van der Waals surface area (Å²) < 4.78 is 5.39. The van der Waals surface area contributed by atoms with E-state index in [0.717, 1.165) is 58.8 Å². The second-order valence-corrected chi connectivity index (χ2v) is 5.93. The predicted octanol–water partition coefficient (Wildman–Crippen LogP) is 0.0616. The van der Waals surface area contributed by atoms with Gasteiger partial charge in [-0.05, 0) is 25.8 Å². The zero-order chi connectivity index (χ0) is 13.1. The van der Waals surface area contributed by atoms with Gasteiger partial charge < -0.3 is 15.0 Å². The van der Waals surface area contributed by atoms with Gasteiger partial charge in [-0.15, -0.1) is 0 Å². The first-order valence-corrected chi connectivity index (χ1v) is 7.66. The lowest BCUT2D eigenvalue weighted by molar-refractivity contribution is -0.130. The molecule has 3 fully saturated rings.